The molecule has 1 aromatic heterocycles. The van der Waals surface area contributed by atoms with Gasteiger partial charge in [-0.25, -0.2) is 9.48 Å². The van der Waals surface area contributed by atoms with Gasteiger partial charge in [-0.15, -0.1) is 0 Å². The van der Waals surface area contributed by atoms with E-state index in [-0.39, 0.29) is 12.1 Å². The summed E-state index contributed by atoms with van der Waals surface area (Å²) in [6.07, 6.45) is 4.19. The van der Waals surface area contributed by atoms with Crippen LogP contribution in [0.25, 0.3) is 0 Å². The molecule has 0 radical (unpaired) electrons. The number of nitrogens with zero attached hydrogens (tertiary/aromatic N) is 3. The van der Waals surface area contributed by atoms with Gasteiger partial charge in [-0.1, -0.05) is 13.8 Å². The summed E-state index contributed by atoms with van der Waals surface area (Å²) in [7, 11) is 0. The van der Waals surface area contributed by atoms with Crippen molar-refractivity contribution in [1.82, 2.24) is 20.0 Å². The van der Waals surface area contributed by atoms with E-state index in [2.05, 4.69) is 34.5 Å². The Labute approximate surface area is 137 Å². The fourth-order valence-corrected chi connectivity index (χ4v) is 3.36. The van der Waals surface area contributed by atoms with E-state index in [4.69, 9.17) is 4.74 Å². The van der Waals surface area contributed by atoms with Gasteiger partial charge in [-0.05, 0) is 31.8 Å². The van der Waals surface area contributed by atoms with E-state index >= 15 is 0 Å². The van der Waals surface area contributed by atoms with Crippen LogP contribution < -0.4 is 10.6 Å². The quantitative estimate of drug-likeness (QED) is 0.863. The lowest BCUT2D eigenvalue weighted by Crippen LogP contribution is -2.51. The Balaban J connectivity index is 1.55. The first kappa shape index (κ1) is 16.3. The first-order valence-electron chi connectivity index (χ1n) is 8.54. The van der Waals surface area contributed by atoms with Gasteiger partial charge in [0.15, 0.2) is 0 Å². The molecule has 2 N–H and O–H groups in total. The number of carbonyl (C=O) groups excluding carboxylic acids is 1. The molecule has 3 rings (SSSR count). The monoisotopic (exact) mass is 321 g/mol. The highest BCUT2D eigenvalue weighted by molar-refractivity contribution is 5.88. The molecule has 3 heterocycles. The first-order valence-corrected chi connectivity index (χ1v) is 8.54. The van der Waals surface area contributed by atoms with Gasteiger partial charge in [0, 0.05) is 12.6 Å². The zero-order chi connectivity index (χ0) is 16.2. The summed E-state index contributed by atoms with van der Waals surface area (Å²) in [6, 6.07) is 1.99. The summed E-state index contributed by atoms with van der Waals surface area (Å²) in [5.41, 5.74) is 0. The van der Waals surface area contributed by atoms with Crippen molar-refractivity contribution in [3.63, 3.8) is 0 Å². The summed E-state index contributed by atoms with van der Waals surface area (Å²) in [6.45, 7) is 8.54. The van der Waals surface area contributed by atoms with Crippen molar-refractivity contribution in [3.05, 3.63) is 12.3 Å². The van der Waals surface area contributed by atoms with Crippen molar-refractivity contribution in [3.8, 4) is 0 Å². The topological polar surface area (TPSA) is 71.4 Å². The van der Waals surface area contributed by atoms with Gasteiger partial charge in [0.25, 0.3) is 0 Å². The lowest BCUT2D eigenvalue weighted by atomic mass is 10.1. The number of carbonyl (C=O) groups is 1. The molecule has 2 fully saturated rings. The summed E-state index contributed by atoms with van der Waals surface area (Å²) in [5.74, 6) is 1.20. The van der Waals surface area contributed by atoms with E-state index in [1.54, 1.807) is 6.20 Å². The molecule has 2 aliphatic rings. The lowest BCUT2D eigenvalue weighted by Gasteiger charge is -2.27. The van der Waals surface area contributed by atoms with Gasteiger partial charge in [-0.2, -0.15) is 5.10 Å². The predicted molar refractivity (Wildman–Crippen MR) is 88.4 cm³/mol. The number of ether oxygens (including phenoxy) is 1. The Bertz CT molecular complexity index is 524. The van der Waals surface area contributed by atoms with Gasteiger partial charge in [0.05, 0.1) is 31.5 Å². The van der Waals surface area contributed by atoms with E-state index in [9.17, 15) is 4.79 Å². The standard InChI is InChI=1S/C16H27N5O2/c1-12(2)9-21-15(5-6-17-21)19-16(22)18-13-10-23-11-14(13)20-7-3-4-8-20/h5-6,12-14H,3-4,7-11H2,1-2H3,(H2,18,19,22)/t13-,14-/m0/s1. The Kier molecular flexibility index (Phi) is 5.17. The number of rotatable bonds is 5. The first-order chi connectivity index (χ1) is 11.1. The molecule has 2 saturated heterocycles. The van der Waals surface area contributed by atoms with Crippen molar-refractivity contribution in [2.45, 2.75) is 45.3 Å². The molecule has 0 spiro atoms. The minimum Gasteiger partial charge on any atom is -0.378 e. The van der Waals surface area contributed by atoms with Crippen LogP contribution in [0.15, 0.2) is 12.3 Å². The molecule has 0 saturated carbocycles. The van der Waals surface area contributed by atoms with Gasteiger partial charge >= 0.3 is 6.03 Å². The number of aromatic nitrogens is 2. The van der Waals surface area contributed by atoms with E-state index in [0.717, 1.165) is 25.5 Å². The van der Waals surface area contributed by atoms with Gasteiger partial charge in [0.2, 0.25) is 0 Å². The number of hydrogen-bond donors (Lipinski definition) is 2. The Morgan fingerprint density at radius 3 is 2.91 bits per heavy atom. The zero-order valence-electron chi connectivity index (χ0n) is 14.0. The van der Waals surface area contributed by atoms with E-state index in [1.807, 2.05) is 10.7 Å². The maximum absolute atomic E-state index is 12.3. The molecule has 0 unspecified atom stereocenters. The second-order valence-electron chi connectivity index (χ2n) is 6.85. The maximum atomic E-state index is 12.3. The number of nitrogens with one attached hydrogen (secondary N) is 2. The number of anilines is 1. The molecule has 1 aromatic rings. The van der Waals surface area contributed by atoms with Crippen LogP contribution >= 0.6 is 0 Å². The third kappa shape index (κ3) is 4.03. The fourth-order valence-electron chi connectivity index (χ4n) is 3.36. The van der Waals surface area contributed by atoms with E-state index in [0.29, 0.717) is 25.2 Å². The Hall–Kier alpha value is -1.60. The fraction of sp³-hybridized carbons (Fsp3) is 0.750. The average molecular weight is 321 g/mol. The van der Waals surface area contributed by atoms with Crippen molar-refractivity contribution >= 4 is 11.8 Å². The van der Waals surface area contributed by atoms with E-state index in [1.165, 1.54) is 12.8 Å². The van der Waals surface area contributed by atoms with Crippen molar-refractivity contribution in [2.24, 2.45) is 5.92 Å². The van der Waals surface area contributed by atoms with Crippen LogP contribution in [0.4, 0.5) is 10.6 Å². The second-order valence-corrected chi connectivity index (χ2v) is 6.85. The van der Waals surface area contributed by atoms with Crippen molar-refractivity contribution in [2.75, 3.05) is 31.6 Å². The predicted octanol–water partition coefficient (Wildman–Crippen LogP) is 1.52. The highest BCUT2D eigenvalue weighted by atomic mass is 16.5. The molecule has 2 atom stereocenters. The van der Waals surface area contributed by atoms with Crippen LogP contribution in [0.5, 0.6) is 0 Å². The smallest absolute Gasteiger partial charge is 0.320 e. The molecule has 128 valence electrons. The van der Waals surface area contributed by atoms with Crippen LogP contribution in [0.2, 0.25) is 0 Å². The number of amides is 2. The Morgan fingerprint density at radius 1 is 1.39 bits per heavy atom. The molecule has 2 amide bonds. The van der Waals surface area contributed by atoms with E-state index < -0.39 is 0 Å². The summed E-state index contributed by atoms with van der Waals surface area (Å²) >= 11 is 0. The lowest BCUT2D eigenvalue weighted by molar-refractivity contribution is 0.159. The van der Waals surface area contributed by atoms with Gasteiger partial charge in [-0.3, -0.25) is 10.2 Å². The Morgan fingerprint density at radius 2 is 2.17 bits per heavy atom. The summed E-state index contributed by atoms with van der Waals surface area (Å²) < 4.78 is 7.42. The zero-order valence-corrected chi connectivity index (χ0v) is 14.0. The molecule has 7 nitrogen and oxygen atoms in total. The molecule has 23 heavy (non-hydrogen) atoms. The minimum absolute atomic E-state index is 0.0505. The molecule has 0 aliphatic carbocycles. The number of urea groups is 1. The second kappa shape index (κ2) is 7.31. The molecule has 7 heteroatoms. The minimum atomic E-state index is -0.185. The largest absolute Gasteiger partial charge is 0.378 e. The molecule has 0 bridgehead atoms. The van der Waals surface area contributed by atoms with Crippen LogP contribution in [0.3, 0.4) is 0 Å². The van der Waals surface area contributed by atoms with Crippen LogP contribution in [0, 0.1) is 5.92 Å². The third-order valence-electron chi connectivity index (χ3n) is 4.47. The summed E-state index contributed by atoms with van der Waals surface area (Å²) in [4.78, 5) is 14.8. The molecule has 2 aliphatic heterocycles. The van der Waals surface area contributed by atoms with Crippen LogP contribution in [-0.4, -0.2) is 59.1 Å². The number of hydrogen-bond acceptors (Lipinski definition) is 4. The third-order valence-corrected chi connectivity index (χ3v) is 4.47. The van der Waals surface area contributed by atoms with Crippen LogP contribution in [0.1, 0.15) is 26.7 Å². The molecular formula is C16H27N5O2. The van der Waals surface area contributed by atoms with Crippen molar-refractivity contribution < 1.29 is 9.53 Å². The molecule has 0 aromatic carbocycles. The highest BCUT2D eigenvalue weighted by Gasteiger charge is 2.35. The highest BCUT2D eigenvalue weighted by Crippen LogP contribution is 2.19. The SMILES string of the molecule is CC(C)Cn1nccc1NC(=O)N[C@H]1COC[C@@H]1N1CCCC1. The van der Waals surface area contributed by atoms with Gasteiger partial charge in [0.1, 0.15) is 5.82 Å². The molecular weight excluding hydrogens is 294 g/mol. The van der Waals surface area contributed by atoms with Crippen LogP contribution in [-0.2, 0) is 11.3 Å². The summed E-state index contributed by atoms with van der Waals surface area (Å²) in [5, 5.41) is 10.2. The maximum Gasteiger partial charge on any atom is 0.320 e. The normalized spacial score (nSPS) is 25.2. The number of likely N-dealkylation sites (tertiary alicyclic amines) is 1. The van der Waals surface area contributed by atoms with Gasteiger partial charge < -0.3 is 10.1 Å². The van der Waals surface area contributed by atoms with Crippen molar-refractivity contribution in [1.29, 1.82) is 0 Å². The average Bonchev–Trinajstić information content (AvgIpc) is 3.20.